The molecule has 0 spiro atoms. The highest BCUT2D eigenvalue weighted by Gasteiger charge is 2.12. The first-order valence-corrected chi connectivity index (χ1v) is 6.36. The lowest BCUT2D eigenvalue weighted by molar-refractivity contribution is 0.392. The molecule has 2 aromatic rings. The lowest BCUT2D eigenvalue weighted by Gasteiger charge is -2.12. The first kappa shape index (κ1) is 12.5. The Morgan fingerprint density at radius 1 is 1.17 bits per heavy atom. The first-order valence-electron chi connectivity index (χ1n) is 6.36. The van der Waals surface area contributed by atoms with Crippen LogP contribution < -0.4 is 5.73 Å². The van der Waals surface area contributed by atoms with Gasteiger partial charge in [-0.1, -0.05) is 26.7 Å². The number of aromatic nitrogens is 4. The van der Waals surface area contributed by atoms with E-state index >= 15 is 0 Å². The fourth-order valence-electron chi connectivity index (χ4n) is 1.96. The number of rotatable bonds is 5. The molecule has 0 unspecified atom stereocenters. The highest BCUT2D eigenvalue weighted by atomic mass is 15.5. The lowest BCUT2D eigenvalue weighted by atomic mass is 10.0. The largest absolute Gasteiger partial charge is 0.399 e. The summed E-state index contributed by atoms with van der Waals surface area (Å²) >= 11 is 0. The Hall–Kier alpha value is -1.91. The number of tetrazole rings is 1. The number of benzene rings is 1. The van der Waals surface area contributed by atoms with Crippen molar-refractivity contribution in [3.8, 4) is 11.4 Å². The molecule has 1 aromatic carbocycles. The maximum absolute atomic E-state index is 5.68. The Bertz CT molecular complexity index is 484. The molecule has 5 heteroatoms. The van der Waals surface area contributed by atoms with Crippen LogP contribution in [0.3, 0.4) is 0 Å². The Kier molecular flexibility index (Phi) is 3.92. The molecule has 0 aliphatic rings. The lowest BCUT2D eigenvalue weighted by Crippen LogP contribution is -2.12. The zero-order chi connectivity index (χ0) is 13.0. The summed E-state index contributed by atoms with van der Waals surface area (Å²) in [5.74, 6) is 1.42. The van der Waals surface area contributed by atoms with Gasteiger partial charge in [0, 0.05) is 17.8 Å². The third-order valence-electron chi connectivity index (χ3n) is 3.29. The van der Waals surface area contributed by atoms with E-state index in [0.29, 0.717) is 5.92 Å². The van der Waals surface area contributed by atoms with Crippen LogP contribution in [0.4, 0.5) is 5.69 Å². The van der Waals surface area contributed by atoms with Gasteiger partial charge in [-0.2, -0.15) is 0 Å². The molecule has 1 heterocycles. The van der Waals surface area contributed by atoms with Gasteiger partial charge < -0.3 is 5.73 Å². The van der Waals surface area contributed by atoms with E-state index in [1.165, 1.54) is 0 Å². The summed E-state index contributed by atoms with van der Waals surface area (Å²) in [6, 6.07) is 7.63. The van der Waals surface area contributed by atoms with Crippen LogP contribution in [0.2, 0.25) is 0 Å². The third-order valence-corrected chi connectivity index (χ3v) is 3.29. The summed E-state index contributed by atoms with van der Waals surface area (Å²) in [6.45, 7) is 5.25. The Labute approximate surface area is 107 Å². The summed E-state index contributed by atoms with van der Waals surface area (Å²) < 4.78 is 1.88. The van der Waals surface area contributed by atoms with E-state index in [1.54, 1.807) is 0 Å². The van der Waals surface area contributed by atoms with E-state index in [0.717, 1.165) is 36.5 Å². The van der Waals surface area contributed by atoms with Crippen molar-refractivity contribution in [2.24, 2.45) is 5.92 Å². The van der Waals surface area contributed by atoms with Crippen molar-refractivity contribution >= 4 is 5.69 Å². The van der Waals surface area contributed by atoms with E-state index < -0.39 is 0 Å². The van der Waals surface area contributed by atoms with E-state index in [2.05, 4.69) is 29.4 Å². The van der Waals surface area contributed by atoms with Crippen molar-refractivity contribution in [3.63, 3.8) is 0 Å². The Morgan fingerprint density at radius 2 is 1.83 bits per heavy atom. The average molecular weight is 245 g/mol. The van der Waals surface area contributed by atoms with Gasteiger partial charge in [-0.3, -0.25) is 0 Å². The van der Waals surface area contributed by atoms with E-state index in [-0.39, 0.29) is 0 Å². The second-order valence-electron chi connectivity index (χ2n) is 4.49. The highest BCUT2D eigenvalue weighted by molar-refractivity contribution is 5.58. The smallest absolute Gasteiger partial charge is 0.182 e. The predicted molar refractivity (Wildman–Crippen MR) is 71.7 cm³/mol. The van der Waals surface area contributed by atoms with E-state index in [9.17, 15) is 0 Å². The van der Waals surface area contributed by atoms with Crippen molar-refractivity contribution in [2.75, 3.05) is 5.73 Å². The van der Waals surface area contributed by atoms with Crippen LogP contribution >= 0.6 is 0 Å². The van der Waals surface area contributed by atoms with Crippen molar-refractivity contribution < 1.29 is 0 Å². The maximum atomic E-state index is 5.68. The average Bonchev–Trinajstić information content (AvgIpc) is 2.85. The van der Waals surface area contributed by atoms with E-state index in [1.807, 2.05) is 28.9 Å². The number of hydrogen-bond acceptors (Lipinski definition) is 4. The molecule has 5 nitrogen and oxygen atoms in total. The Morgan fingerprint density at radius 3 is 2.44 bits per heavy atom. The molecule has 96 valence electrons. The van der Waals surface area contributed by atoms with Gasteiger partial charge in [-0.25, -0.2) is 4.68 Å². The summed E-state index contributed by atoms with van der Waals surface area (Å²) in [5.41, 5.74) is 7.43. The summed E-state index contributed by atoms with van der Waals surface area (Å²) in [6.07, 6.45) is 2.27. The van der Waals surface area contributed by atoms with Crippen LogP contribution in [0.1, 0.15) is 26.7 Å². The number of nitrogens with two attached hydrogens (primary N) is 1. The molecule has 2 N–H and O–H groups in total. The summed E-state index contributed by atoms with van der Waals surface area (Å²) in [4.78, 5) is 0. The first-order chi connectivity index (χ1) is 8.74. The predicted octanol–water partition coefficient (Wildman–Crippen LogP) is 2.36. The molecule has 0 aliphatic carbocycles. The van der Waals surface area contributed by atoms with Crippen LogP contribution in [0.25, 0.3) is 11.4 Å². The zero-order valence-electron chi connectivity index (χ0n) is 10.9. The number of anilines is 1. The van der Waals surface area contributed by atoms with Crippen LogP contribution in [-0.4, -0.2) is 20.2 Å². The molecule has 0 saturated heterocycles. The van der Waals surface area contributed by atoms with Crippen molar-refractivity contribution in [3.05, 3.63) is 24.3 Å². The van der Waals surface area contributed by atoms with Gasteiger partial charge in [0.25, 0.3) is 0 Å². The Balaban J connectivity index is 2.24. The van der Waals surface area contributed by atoms with Crippen molar-refractivity contribution in [1.82, 2.24) is 20.2 Å². The quantitative estimate of drug-likeness (QED) is 0.821. The van der Waals surface area contributed by atoms with E-state index in [4.69, 9.17) is 5.73 Å². The topological polar surface area (TPSA) is 69.6 Å². The van der Waals surface area contributed by atoms with Crippen LogP contribution in [0.5, 0.6) is 0 Å². The van der Waals surface area contributed by atoms with Crippen molar-refractivity contribution in [2.45, 2.75) is 33.2 Å². The number of nitrogen functional groups attached to an aromatic ring is 1. The monoisotopic (exact) mass is 245 g/mol. The molecule has 0 saturated carbocycles. The van der Waals surface area contributed by atoms with Gasteiger partial charge >= 0.3 is 0 Å². The molecular formula is C13H19N5. The molecule has 0 fully saturated rings. The van der Waals surface area contributed by atoms with Crippen LogP contribution in [0, 0.1) is 5.92 Å². The van der Waals surface area contributed by atoms with Gasteiger partial charge in [0.15, 0.2) is 5.82 Å². The molecule has 2 rings (SSSR count). The fourth-order valence-corrected chi connectivity index (χ4v) is 1.96. The minimum Gasteiger partial charge on any atom is -0.399 e. The molecule has 18 heavy (non-hydrogen) atoms. The molecule has 0 amide bonds. The molecule has 1 aromatic heterocycles. The minimum absolute atomic E-state index is 0.612. The summed E-state index contributed by atoms with van der Waals surface area (Å²) in [5, 5.41) is 11.9. The molecular weight excluding hydrogens is 226 g/mol. The normalized spacial score (nSPS) is 11.1. The summed E-state index contributed by atoms with van der Waals surface area (Å²) in [7, 11) is 0. The van der Waals surface area contributed by atoms with Crippen LogP contribution in [-0.2, 0) is 6.54 Å². The van der Waals surface area contributed by atoms with Crippen LogP contribution in [0.15, 0.2) is 24.3 Å². The molecule has 0 atom stereocenters. The zero-order valence-corrected chi connectivity index (χ0v) is 10.9. The second-order valence-corrected chi connectivity index (χ2v) is 4.49. The third kappa shape index (κ3) is 2.67. The molecule has 0 radical (unpaired) electrons. The second kappa shape index (κ2) is 5.62. The SMILES string of the molecule is CCC(CC)Cn1nnnc1-c1ccc(N)cc1. The highest BCUT2D eigenvalue weighted by Crippen LogP contribution is 2.19. The standard InChI is InChI=1S/C13H19N5/c1-3-10(4-2)9-18-13(15-16-17-18)11-5-7-12(14)8-6-11/h5-8,10H,3-4,9,14H2,1-2H3. The minimum atomic E-state index is 0.612. The van der Waals surface area contributed by atoms with Gasteiger partial charge in [0.05, 0.1) is 0 Å². The molecule has 0 aliphatic heterocycles. The van der Waals surface area contributed by atoms with Gasteiger partial charge in [0.2, 0.25) is 0 Å². The fraction of sp³-hybridized carbons (Fsp3) is 0.462. The van der Waals surface area contributed by atoms with Gasteiger partial charge in [-0.05, 0) is 40.6 Å². The maximum Gasteiger partial charge on any atom is 0.182 e. The van der Waals surface area contributed by atoms with Gasteiger partial charge in [-0.15, -0.1) is 5.10 Å². The number of hydrogen-bond donors (Lipinski definition) is 1. The van der Waals surface area contributed by atoms with Crippen molar-refractivity contribution in [1.29, 1.82) is 0 Å². The molecule has 0 bridgehead atoms. The van der Waals surface area contributed by atoms with Gasteiger partial charge in [0.1, 0.15) is 0 Å². The number of nitrogens with zero attached hydrogens (tertiary/aromatic N) is 4.